The van der Waals surface area contributed by atoms with Gasteiger partial charge < -0.3 is 10.5 Å². The maximum absolute atomic E-state index is 11.2. The molecule has 1 aromatic rings. The summed E-state index contributed by atoms with van der Waals surface area (Å²) in [6, 6.07) is 7.52. The van der Waals surface area contributed by atoms with Crippen LogP contribution in [0.15, 0.2) is 24.3 Å². The van der Waals surface area contributed by atoms with Gasteiger partial charge in [-0.15, -0.1) is 12.4 Å². The summed E-state index contributed by atoms with van der Waals surface area (Å²) in [6.07, 6.45) is 3.73. The molecule has 0 saturated heterocycles. The fourth-order valence-corrected chi connectivity index (χ4v) is 2.03. The Labute approximate surface area is 108 Å². The van der Waals surface area contributed by atoms with Crippen molar-refractivity contribution >= 4 is 18.4 Å². The third kappa shape index (κ3) is 2.99. The van der Waals surface area contributed by atoms with E-state index < -0.39 is 0 Å². The Morgan fingerprint density at radius 1 is 1.35 bits per heavy atom. The van der Waals surface area contributed by atoms with Gasteiger partial charge in [0.15, 0.2) is 0 Å². The molecule has 0 aliphatic heterocycles. The van der Waals surface area contributed by atoms with E-state index in [4.69, 9.17) is 5.73 Å². The van der Waals surface area contributed by atoms with Gasteiger partial charge in [-0.1, -0.05) is 18.6 Å². The van der Waals surface area contributed by atoms with E-state index in [1.807, 2.05) is 12.1 Å². The molecule has 3 nitrogen and oxygen atoms in total. The lowest BCUT2D eigenvalue weighted by atomic mass is 9.77. The van der Waals surface area contributed by atoms with Crippen LogP contribution in [-0.4, -0.2) is 13.1 Å². The van der Waals surface area contributed by atoms with Gasteiger partial charge in [0.25, 0.3) is 0 Å². The number of nitrogens with two attached hydrogens (primary N) is 1. The average molecular weight is 256 g/mol. The number of methoxy groups -OCH3 is 1. The van der Waals surface area contributed by atoms with Gasteiger partial charge >= 0.3 is 5.97 Å². The highest BCUT2D eigenvalue weighted by Gasteiger charge is 2.25. The van der Waals surface area contributed by atoms with Crippen LogP contribution in [0.25, 0.3) is 0 Å². The van der Waals surface area contributed by atoms with E-state index in [1.165, 1.54) is 26.4 Å². The summed E-state index contributed by atoms with van der Waals surface area (Å²) in [5, 5.41) is 0. The van der Waals surface area contributed by atoms with Crippen LogP contribution in [0.1, 0.15) is 41.2 Å². The smallest absolute Gasteiger partial charge is 0.337 e. The second-order valence-corrected chi connectivity index (χ2v) is 4.33. The second-order valence-electron chi connectivity index (χ2n) is 4.33. The molecule has 1 aliphatic rings. The minimum atomic E-state index is -0.302. The number of halogens is 1. The lowest BCUT2D eigenvalue weighted by Crippen LogP contribution is -2.26. The van der Waals surface area contributed by atoms with Crippen LogP contribution in [0.2, 0.25) is 0 Å². The molecule has 1 aromatic carbocycles. The fourth-order valence-electron chi connectivity index (χ4n) is 2.03. The van der Waals surface area contributed by atoms with E-state index in [1.54, 1.807) is 12.1 Å². The molecule has 4 heteroatoms. The Bertz CT molecular complexity index is 374. The molecule has 1 saturated carbocycles. The summed E-state index contributed by atoms with van der Waals surface area (Å²) >= 11 is 0. The van der Waals surface area contributed by atoms with E-state index in [9.17, 15) is 4.79 Å². The van der Waals surface area contributed by atoms with Gasteiger partial charge in [-0.2, -0.15) is 0 Å². The predicted molar refractivity (Wildman–Crippen MR) is 69.3 cm³/mol. The summed E-state index contributed by atoms with van der Waals surface area (Å²) in [6.45, 7) is 0. The molecular weight excluding hydrogens is 238 g/mol. The zero-order chi connectivity index (χ0) is 11.5. The first-order chi connectivity index (χ1) is 7.72. The van der Waals surface area contributed by atoms with E-state index in [2.05, 4.69) is 4.74 Å². The van der Waals surface area contributed by atoms with E-state index in [-0.39, 0.29) is 24.4 Å². The van der Waals surface area contributed by atoms with Crippen molar-refractivity contribution in [3.8, 4) is 0 Å². The lowest BCUT2D eigenvalue weighted by molar-refractivity contribution is 0.0600. The molecule has 0 amide bonds. The summed E-state index contributed by atoms with van der Waals surface area (Å²) < 4.78 is 4.65. The fraction of sp³-hybridized carbons (Fsp3) is 0.462. The third-order valence-electron chi connectivity index (χ3n) is 3.37. The van der Waals surface area contributed by atoms with Gasteiger partial charge in [0.05, 0.1) is 12.7 Å². The maximum Gasteiger partial charge on any atom is 0.337 e. The lowest BCUT2D eigenvalue weighted by Gasteiger charge is -2.31. The number of benzene rings is 1. The molecule has 1 atom stereocenters. The van der Waals surface area contributed by atoms with Crippen LogP contribution in [0.5, 0.6) is 0 Å². The highest BCUT2D eigenvalue weighted by atomic mass is 35.5. The van der Waals surface area contributed by atoms with Crippen LogP contribution in [0.3, 0.4) is 0 Å². The van der Waals surface area contributed by atoms with E-state index in [0.29, 0.717) is 11.5 Å². The SMILES string of the molecule is COC(=O)c1ccc([C@@H](N)C2CCC2)cc1.Cl. The highest BCUT2D eigenvalue weighted by Crippen LogP contribution is 2.36. The van der Waals surface area contributed by atoms with Gasteiger partial charge in [-0.05, 0) is 36.5 Å². The first kappa shape index (κ1) is 14.0. The number of esters is 1. The van der Waals surface area contributed by atoms with Crippen molar-refractivity contribution in [3.63, 3.8) is 0 Å². The Kier molecular flexibility index (Phi) is 4.97. The van der Waals surface area contributed by atoms with Crippen LogP contribution in [-0.2, 0) is 4.74 Å². The van der Waals surface area contributed by atoms with Crippen LogP contribution < -0.4 is 5.73 Å². The van der Waals surface area contributed by atoms with Crippen molar-refractivity contribution < 1.29 is 9.53 Å². The number of rotatable bonds is 3. The van der Waals surface area contributed by atoms with Gasteiger partial charge in [0.2, 0.25) is 0 Å². The molecule has 0 aromatic heterocycles. The molecule has 0 radical (unpaired) electrons. The van der Waals surface area contributed by atoms with Crippen molar-refractivity contribution in [1.82, 2.24) is 0 Å². The predicted octanol–water partition coefficient (Wildman–Crippen LogP) is 2.69. The van der Waals surface area contributed by atoms with Crippen LogP contribution in [0.4, 0.5) is 0 Å². The van der Waals surface area contributed by atoms with Crippen molar-refractivity contribution in [2.45, 2.75) is 25.3 Å². The van der Waals surface area contributed by atoms with Crippen molar-refractivity contribution in [2.24, 2.45) is 11.7 Å². The zero-order valence-electron chi connectivity index (χ0n) is 9.89. The minimum absolute atomic E-state index is 0. The molecule has 17 heavy (non-hydrogen) atoms. The van der Waals surface area contributed by atoms with Gasteiger partial charge in [-0.25, -0.2) is 4.79 Å². The molecule has 1 fully saturated rings. The molecule has 2 rings (SSSR count). The van der Waals surface area contributed by atoms with Gasteiger partial charge in [0.1, 0.15) is 0 Å². The molecule has 0 bridgehead atoms. The molecule has 1 aliphatic carbocycles. The summed E-state index contributed by atoms with van der Waals surface area (Å²) in [5.41, 5.74) is 7.83. The first-order valence-corrected chi connectivity index (χ1v) is 5.66. The van der Waals surface area contributed by atoms with Crippen LogP contribution >= 0.6 is 12.4 Å². The summed E-state index contributed by atoms with van der Waals surface area (Å²) in [4.78, 5) is 11.2. The molecule has 0 unspecified atom stereocenters. The van der Waals surface area contributed by atoms with Crippen molar-refractivity contribution in [1.29, 1.82) is 0 Å². The highest BCUT2D eigenvalue weighted by molar-refractivity contribution is 5.89. The normalized spacial score (nSPS) is 16.6. The second kappa shape index (κ2) is 6.03. The van der Waals surface area contributed by atoms with Crippen molar-refractivity contribution in [3.05, 3.63) is 35.4 Å². The Morgan fingerprint density at radius 3 is 2.35 bits per heavy atom. The Hall–Kier alpha value is -1.06. The Balaban J connectivity index is 0.00000144. The molecular formula is C13H18ClNO2. The molecule has 0 heterocycles. The number of ether oxygens (including phenoxy) is 1. The maximum atomic E-state index is 11.2. The molecule has 2 N–H and O–H groups in total. The largest absolute Gasteiger partial charge is 0.465 e. The average Bonchev–Trinajstić information content (AvgIpc) is 2.26. The molecule has 94 valence electrons. The number of hydrogen-bond donors (Lipinski definition) is 1. The van der Waals surface area contributed by atoms with Crippen molar-refractivity contribution in [2.75, 3.05) is 7.11 Å². The summed E-state index contributed by atoms with van der Waals surface area (Å²) in [5.74, 6) is 0.313. The number of hydrogen-bond acceptors (Lipinski definition) is 3. The quantitative estimate of drug-likeness (QED) is 0.845. The first-order valence-electron chi connectivity index (χ1n) is 5.66. The standard InChI is InChI=1S/C13H17NO2.ClH/c1-16-13(15)11-7-5-10(6-8-11)12(14)9-3-2-4-9;/h5-9,12H,2-4,14H2,1H3;1H/t12-;/m0./s1. The molecule has 0 spiro atoms. The van der Waals surface area contributed by atoms with Crippen LogP contribution in [0, 0.1) is 5.92 Å². The third-order valence-corrected chi connectivity index (χ3v) is 3.37. The minimum Gasteiger partial charge on any atom is -0.465 e. The van der Waals surface area contributed by atoms with E-state index >= 15 is 0 Å². The number of carbonyl (C=O) groups excluding carboxylic acids is 1. The zero-order valence-corrected chi connectivity index (χ0v) is 10.7. The summed E-state index contributed by atoms with van der Waals surface area (Å²) in [7, 11) is 1.39. The topological polar surface area (TPSA) is 52.3 Å². The van der Waals surface area contributed by atoms with Gasteiger partial charge in [0, 0.05) is 6.04 Å². The number of carbonyl (C=O) groups is 1. The van der Waals surface area contributed by atoms with E-state index in [0.717, 1.165) is 5.56 Å². The van der Waals surface area contributed by atoms with Gasteiger partial charge in [-0.3, -0.25) is 0 Å². The monoisotopic (exact) mass is 255 g/mol. The Morgan fingerprint density at radius 2 is 1.94 bits per heavy atom.